The van der Waals surface area contributed by atoms with Gasteiger partial charge in [-0.1, -0.05) is 11.6 Å². The Labute approximate surface area is 155 Å². The van der Waals surface area contributed by atoms with Crippen LogP contribution in [0.25, 0.3) is 0 Å². The molecule has 138 valence electrons. The number of H-pyrrole nitrogens is 1. The Balaban J connectivity index is 1.63. The van der Waals surface area contributed by atoms with E-state index >= 15 is 0 Å². The highest BCUT2D eigenvalue weighted by atomic mass is 35.5. The molecule has 1 saturated heterocycles. The fourth-order valence-corrected chi connectivity index (χ4v) is 2.82. The van der Waals surface area contributed by atoms with E-state index in [0.29, 0.717) is 60.8 Å². The van der Waals surface area contributed by atoms with E-state index in [2.05, 4.69) is 20.3 Å². The van der Waals surface area contributed by atoms with E-state index in [0.717, 1.165) is 0 Å². The van der Waals surface area contributed by atoms with Crippen LogP contribution in [0.1, 0.15) is 17.7 Å². The number of carbonyl (C=O) groups is 1. The van der Waals surface area contributed by atoms with Crippen molar-refractivity contribution in [3.63, 3.8) is 0 Å². The summed E-state index contributed by atoms with van der Waals surface area (Å²) in [5.74, 6) is 0.746. The highest BCUT2D eigenvalue weighted by molar-refractivity contribution is 6.30. The Morgan fingerprint density at radius 2 is 2.15 bits per heavy atom. The van der Waals surface area contributed by atoms with Crippen LogP contribution in [-0.4, -0.2) is 47.2 Å². The molecule has 3 rings (SSSR count). The largest absolute Gasteiger partial charge is 0.378 e. The van der Waals surface area contributed by atoms with Crippen molar-refractivity contribution in [2.45, 2.75) is 19.8 Å². The number of morpholine rings is 1. The predicted molar refractivity (Wildman–Crippen MR) is 98.8 cm³/mol. The number of ether oxygens (including phenoxy) is 1. The molecule has 2 aromatic heterocycles. The highest BCUT2D eigenvalue weighted by Gasteiger charge is 2.16. The fraction of sp³-hybridized carbons (Fsp3) is 0.412. The number of nitrogens with zero attached hydrogens (tertiary/aromatic N) is 3. The summed E-state index contributed by atoms with van der Waals surface area (Å²) >= 11 is 5.76. The number of pyridine rings is 1. The lowest BCUT2D eigenvalue weighted by Crippen LogP contribution is -2.38. The van der Waals surface area contributed by atoms with E-state index in [4.69, 9.17) is 16.3 Å². The average Bonchev–Trinajstić information content (AvgIpc) is 2.63. The third-order valence-electron chi connectivity index (χ3n) is 4.12. The predicted octanol–water partition coefficient (Wildman–Crippen LogP) is 1.53. The van der Waals surface area contributed by atoms with E-state index in [9.17, 15) is 9.59 Å². The van der Waals surface area contributed by atoms with Crippen molar-refractivity contribution >= 4 is 29.3 Å². The number of carbonyl (C=O) groups excluding carboxylic acids is 1. The van der Waals surface area contributed by atoms with Gasteiger partial charge in [0.25, 0.3) is 5.56 Å². The minimum absolute atomic E-state index is 0.160. The van der Waals surface area contributed by atoms with Gasteiger partial charge >= 0.3 is 0 Å². The molecule has 0 unspecified atom stereocenters. The number of hydrogen-bond acceptors (Lipinski definition) is 6. The molecule has 1 amide bonds. The second-order valence-corrected chi connectivity index (χ2v) is 6.40. The summed E-state index contributed by atoms with van der Waals surface area (Å²) in [7, 11) is 0. The Bertz CT molecular complexity index is 831. The lowest BCUT2D eigenvalue weighted by atomic mass is 10.1. The normalized spacial score (nSPS) is 14.3. The number of amides is 1. The van der Waals surface area contributed by atoms with Gasteiger partial charge in [-0.05, 0) is 25.5 Å². The zero-order chi connectivity index (χ0) is 18.5. The molecule has 1 fully saturated rings. The molecule has 1 aliphatic rings. The first-order valence-electron chi connectivity index (χ1n) is 8.37. The van der Waals surface area contributed by atoms with Crippen molar-refractivity contribution in [3.05, 3.63) is 45.0 Å². The van der Waals surface area contributed by atoms with Crippen LogP contribution in [-0.2, 0) is 16.0 Å². The maximum atomic E-state index is 12.4. The van der Waals surface area contributed by atoms with Crippen LogP contribution in [0.15, 0.2) is 23.1 Å². The molecule has 0 atom stereocenters. The smallest absolute Gasteiger partial charge is 0.255 e. The van der Waals surface area contributed by atoms with Gasteiger partial charge in [0, 0.05) is 37.0 Å². The molecule has 3 heterocycles. The van der Waals surface area contributed by atoms with Crippen LogP contribution in [0.5, 0.6) is 0 Å². The van der Waals surface area contributed by atoms with Crippen LogP contribution in [0.2, 0.25) is 5.02 Å². The van der Waals surface area contributed by atoms with Gasteiger partial charge in [-0.2, -0.15) is 0 Å². The van der Waals surface area contributed by atoms with Gasteiger partial charge in [-0.25, -0.2) is 9.97 Å². The van der Waals surface area contributed by atoms with Gasteiger partial charge in [0.15, 0.2) is 0 Å². The standard InChI is InChI=1S/C17H20ClN5O3/c1-11-13(3-5-15(24)21-14-4-2-12(18)10-19-14)16(25)22-17(20-11)23-6-8-26-9-7-23/h2,4,10H,3,5-9H2,1H3,(H,19,21,24)(H,20,22,25). The number of hydrogen-bond donors (Lipinski definition) is 2. The minimum Gasteiger partial charge on any atom is -0.378 e. The van der Waals surface area contributed by atoms with Gasteiger partial charge < -0.3 is 15.0 Å². The van der Waals surface area contributed by atoms with Gasteiger partial charge in [-0.15, -0.1) is 0 Å². The first-order valence-corrected chi connectivity index (χ1v) is 8.74. The Morgan fingerprint density at radius 3 is 2.81 bits per heavy atom. The van der Waals surface area contributed by atoms with E-state index < -0.39 is 0 Å². The number of halogens is 1. The molecule has 2 aromatic rings. The summed E-state index contributed by atoms with van der Waals surface area (Å²) in [6.45, 7) is 4.40. The molecular formula is C17H20ClN5O3. The van der Waals surface area contributed by atoms with Gasteiger partial charge in [0.1, 0.15) is 5.82 Å². The van der Waals surface area contributed by atoms with Crippen molar-refractivity contribution in [2.75, 3.05) is 36.5 Å². The first-order chi connectivity index (χ1) is 12.5. The maximum Gasteiger partial charge on any atom is 0.255 e. The first kappa shape index (κ1) is 18.3. The third kappa shape index (κ3) is 4.59. The van der Waals surface area contributed by atoms with Crippen molar-refractivity contribution in [1.82, 2.24) is 15.0 Å². The van der Waals surface area contributed by atoms with Gasteiger partial charge in [-0.3, -0.25) is 14.6 Å². The van der Waals surface area contributed by atoms with Crippen molar-refractivity contribution < 1.29 is 9.53 Å². The van der Waals surface area contributed by atoms with E-state index in [1.165, 1.54) is 6.20 Å². The fourth-order valence-electron chi connectivity index (χ4n) is 2.71. The van der Waals surface area contributed by atoms with Crippen LogP contribution in [0.4, 0.5) is 11.8 Å². The number of anilines is 2. The molecular weight excluding hydrogens is 358 g/mol. The topological polar surface area (TPSA) is 100 Å². The maximum absolute atomic E-state index is 12.4. The number of rotatable bonds is 5. The monoisotopic (exact) mass is 377 g/mol. The summed E-state index contributed by atoms with van der Waals surface area (Å²) in [6.07, 6.45) is 1.92. The van der Waals surface area contributed by atoms with Crippen LogP contribution < -0.4 is 15.8 Å². The number of aromatic amines is 1. The molecule has 9 heteroatoms. The Kier molecular flexibility index (Phi) is 5.85. The number of nitrogens with one attached hydrogen (secondary N) is 2. The van der Waals surface area contributed by atoms with E-state index in [1.807, 2.05) is 4.90 Å². The van der Waals surface area contributed by atoms with Crippen molar-refractivity contribution in [2.24, 2.45) is 0 Å². The number of aromatic nitrogens is 3. The molecule has 0 aliphatic carbocycles. The lowest BCUT2D eigenvalue weighted by molar-refractivity contribution is -0.116. The second kappa shape index (κ2) is 8.29. The molecule has 2 N–H and O–H groups in total. The van der Waals surface area contributed by atoms with Crippen molar-refractivity contribution in [1.29, 1.82) is 0 Å². The highest BCUT2D eigenvalue weighted by Crippen LogP contribution is 2.12. The molecule has 0 radical (unpaired) electrons. The lowest BCUT2D eigenvalue weighted by Gasteiger charge is -2.27. The molecule has 0 bridgehead atoms. The molecule has 26 heavy (non-hydrogen) atoms. The molecule has 0 spiro atoms. The molecule has 1 aliphatic heterocycles. The second-order valence-electron chi connectivity index (χ2n) is 5.96. The quantitative estimate of drug-likeness (QED) is 0.819. The average molecular weight is 378 g/mol. The molecule has 8 nitrogen and oxygen atoms in total. The number of aryl methyl sites for hydroxylation is 1. The Morgan fingerprint density at radius 1 is 1.38 bits per heavy atom. The van der Waals surface area contributed by atoms with Crippen LogP contribution >= 0.6 is 11.6 Å². The SMILES string of the molecule is Cc1nc(N2CCOCC2)[nH]c(=O)c1CCC(=O)Nc1ccc(Cl)cn1. The minimum atomic E-state index is -0.226. The Hall–Kier alpha value is -2.45. The van der Waals surface area contributed by atoms with Gasteiger partial charge in [0.05, 0.1) is 18.2 Å². The zero-order valence-electron chi connectivity index (χ0n) is 14.4. The summed E-state index contributed by atoms with van der Waals surface area (Å²) in [4.78, 5) is 37.8. The molecule has 0 aromatic carbocycles. The summed E-state index contributed by atoms with van der Waals surface area (Å²) in [5.41, 5.74) is 0.935. The molecule has 0 saturated carbocycles. The van der Waals surface area contributed by atoms with E-state index in [-0.39, 0.29) is 17.9 Å². The van der Waals surface area contributed by atoms with Crippen molar-refractivity contribution in [3.8, 4) is 0 Å². The van der Waals surface area contributed by atoms with E-state index in [1.54, 1.807) is 19.1 Å². The summed E-state index contributed by atoms with van der Waals surface area (Å²) in [5, 5.41) is 3.17. The summed E-state index contributed by atoms with van der Waals surface area (Å²) in [6, 6.07) is 3.27. The van der Waals surface area contributed by atoms with Gasteiger partial charge in [0.2, 0.25) is 11.9 Å². The third-order valence-corrected chi connectivity index (χ3v) is 4.34. The van der Waals surface area contributed by atoms with Crippen LogP contribution in [0.3, 0.4) is 0 Å². The summed E-state index contributed by atoms with van der Waals surface area (Å²) < 4.78 is 5.31. The van der Waals surface area contributed by atoms with Crippen LogP contribution in [0, 0.1) is 6.92 Å². The zero-order valence-corrected chi connectivity index (χ0v) is 15.2.